The molecule has 2 rings (SSSR count). The summed E-state index contributed by atoms with van der Waals surface area (Å²) in [7, 11) is -3.27. The monoisotopic (exact) mass is 261 g/mol. The van der Waals surface area contributed by atoms with Crippen LogP contribution < -0.4 is 5.73 Å². The van der Waals surface area contributed by atoms with E-state index in [9.17, 15) is 8.42 Å². The Bertz CT molecular complexity index is 636. The first kappa shape index (κ1) is 12.8. The zero-order valence-electron chi connectivity index (χ0n) is 10.1. The molecule has 2 N–H and O–H groups in total. The fraction of sp³-hybridized carbons (Fsp3) is 0.143. The Labute approximate surface area is 107 Å². The molecule has 1 atom stereocenters. The number of rotatable bonds is 3. The molecule has 94 valence electrons. The van der Waals surface area contributed by atoms with Gasteiger partial charge in [0.1, 0.15) is 0 Å². The second kappa shape index (κ2) is 4.92. The zero-order chi connectivity index (χ0) is 13.2. The van der Waals surface area contributed by atoms with E-state index >= 15 is 0 Å². The molecule has 0 heterocycles. The lowest BCUT2D eigenvalue weighted by Crippen LogP contribution is -2.15. The second-order valence-corrected chi connectivity index (χ2v) is 6.18. The van der Waals surface area contributed by atoms with Crippen LogP contribution in [0.4, 0.5) is 0 Å². The molecule has 2 aromatic rings. The first-order valence-electron chi connectivity index (χ1n) is 5.59. The Hall–Kier alpha value is -1.65. The molecule has 0 fully saturated rings. The van der Waals surface area contributed by atoms with Crippen molar-refractivity contribution in [2.75, 3.05) is 6.26 Å². The maximum Gasteiger partial charge on any atom is 0.175 e. The van der Waals surface area contributed by atoms with Gasteiger partial charge >= 0.3 is 0 Å². The highest BCUT2D eigenvalue weighted by atomic mass is 32.2. The maximum atomic E-state index is 11.7. The van der Waals surface area contributed by atoms with Gasteiger partial charge in [-0.25, -0.2) is 8.42 Å². The molecular weight excluding hydrogens is 246 g/mol. The lowest BCUT2D eigenvalue weighted by atomic mass is 10.00. The minimum absolute atomic E-state index is 0.293. The third-order valence-corrected chi connectivity index (χ3v) is 3.98. The van der Waals surface area contributed by atoms with Gasteiger partial charge in [-0.15, -0.1) is 0 Å². The first-order valence-corrected chi connectivity index (χ1v) is 7.49. The number of hydrogen-bond acceptors (Lipinski definition) is 3. The molecule has 0 radical (unpaired) electrons. The van der Waals surface area contributed by atoms with Crippen molar-refractivity contribution in [2.24, 2.45) is 5.73 Å². The Balaban J connectivity index is 2.53. The molecule has 0 saturated heterocycles. The van der Waals surface area contributed by atoms with Crippen LogP contribution in [-0.4, -0.2) is 14.7 Å². The van der Waals surface area contributed by atoms with E-state index in [0.717, 1.165) is 5.56 Å². The van der Waals surface area contributed by atoms with E-state index in [1.54, 1.807) is 24.3 Å². The van der Waals surface area contributed by atoms with Crippen molar-refractivity contribution in [3.63, 3.8) is 0 Å². The van der Waals surface area contributed by atoms with Crippen molar-refractivity contribution < 1.29 is 8.42 Å². The fourth-order valence-electron chi connectivity index (χ4n) is 1.92. The van der Waals surface area contributed by atoms with E-state index in [-0.39, 0.29) is 0 Å². The third-order valence-electron chi connectivity index (χ3n) is 2.81. The van der Waals surface area contributed by atoms with Gasteiger partial charge < -0.3 is 5.73 Å². The van der Waals surface area contributed by atoms with Crippen molar-refractivity contribution >= 4 is 9.84 Å². The van der Waals surface area contributed by atoms with Gasteiger partial charge in [0.2, 0.25) is 0 Å². The summed E-state index contributed by atoms with van der Waals surface area (Å²) in [5.74, 6) is 0. The SMILES string of the molecule is CS(=O)(=O)c1ccccc1C(N)c1ccccc1. The van der Waals surface area contributed by atoms with Crippen molar-refractivity contribution in [2.45, 2.75) is 10.9 Å². The van der Waals surface area contributed by atoms with Crippen molar-refractivity contribution in [1.82, 2.24) is 0 Å². The molecule has 0 aliphatic rings. The van der Waals surface area contributed by atoms with Gasteiger partial charge in [-0.3, -0.25) is 0 Å². The standard InChI is InChI=1S/C14H15NO2S/c1-18(16,17)13-10-6-5-9-12(13)14(15)11-7-3-2-4-8-11/h2-10,14H,15H2,1H3. The summed E-state index contributed by atoms with van der Waals surface area (Å²) < 4.78 is 23.5. The first-order chi connectivity index (χ1) is 8.50. The molecule has 0 saturated carbocycles. The van der Waals surface area contributed by atoms with Crippen molar-refractivity contribution in [3.05, 3.63) is 65.7 Å². The van der Waals surface area contributed by atoms with Gasteiger partial charge in [-0.2, -0.15) is 0 Å². The summed E-state index contributed by atoms with van der Waals surface area (Å²) in [6.45, 7) is 0. The van der Waals surface area contributed by atoms with E-state index < -0.39 is 15.9 Å². The number of hydrogen-bond donors (Lipinski definition) is 1. The van der Waals surface area contributed by atoms with Gasteiger partial charge in [0.25, 0.3) is 0 Å². The molecule has 0 spiro atoms. The van der Waals surface area contributed by atoms with Crippen LogP contribution in [0.3, 0.4) is 0 Å². The lowest BCUT2D eigenvalue weighted by molar-refractivity contribution is 0.600. The number of nitrogens with two attached hydrogens (primary N) is 1. The third kappa shape index (κ3) is 2.60. The van der Waals surface area contributed by atoms with Crippen LogP contribution in [0.25, 0.3) is 0 Å². The highest BCUT2D eigenvalue weighted by Gasteiger charge is 2.18. The van der Waals surface area contributed by atoms with Crippen LogP contribution >= 0.6 is 0 Å². The summed E-state index contributed by atoms with van der Waals surface area (Å²) in [5, 5.41) is 0. The molecule has 0 bridgehead atoms. The smallest absolute Gasteiger partial charge is 0.175 e. The van der Waals surface area contributed by atoms with Crippen LogP contribution in [-0.2, 0) is 9.84 Å². The van der Waals surface area contributed by atoms with Crippen LogP contribution in [0.5, 0.6) is 0 Å². The molecular formula is C14H15NO2S. The van der Waals surface area contributed by atoms with Crippen molar-refractivity contribution in [1.29, 1.82) is 0 Å². The Morgan fingerprint density at radius 2 is 1.50 bits per heavy atom. The van der Waals surface area contributed by atoms with E-state index in [0.29, 0.717) is 10.5 Å². The van der Waals surface area contributed by atoms with Gasteiger partial charge in [0.15, 0.2) is 9.84 Å². The highest BCUT2D eigenvalue weighted by molar-refractivity contribution is 7.90. The van der Waals surface area contributed by atoms with Gasteiger partial charge in [-0.1, -0.05) is 48.5 Å². The van der Waals surface area contributed by atoms with Crippen LogP contribution in [0.15, 0.2) is 59.5 Å². The summed E-state index contributed by atoms with van der Waals surface area (Å²) in [6.07, 6.45) is 1.20. The number of sulfone groups is 1. The Kier molecular flexibility index (Phi) is 3.50. The van der Waals surface area contributed by atoms with Gasteiger partial charge in [-0.05, 0) is 17.2 Å². The predicted molar refractivity (Wildman–Crippen MR) is 72.0 cm³/mol. The van der Waals surface area contributed by atoms with E-state index in [4.69, 9.17) is 5.73 Å². The predicted octanol–water partition coefficient (Wildman–Crippen LogP) is 2.14. The summed E-state index contributed by atoms with van der Waals surface area (Å²) in [4.78, 5) is 0.293. The summed E-state index contributed by atoms with van der Waals surface area (Å²) in [5.41, 5.74) is 7.68. The minimum Gasteiger partial charge on any atom is -0.320 e. The molecule has 0 aliphatic carbocycles. The molecule has 0 aromatic heterocycles. The molecule has 0 amide bonds. The van der Waals surface area contributed by atoms with Crippen LogP contribution in [0, 0.1) is 0 Å². The Morgan fingerprint density at radius 3 is 2.11 bits per heavy atom. The Morgan fingerprint density at radius 1 is 0.944 bits per heavy atom. The largest absolute Gasteiger partial charge is 0.320 e. The molecule has 0 aliphatic heterocycles. The maximum absolute atomic E-state index is 11.7. The lowest BCUT2D eigenvalue weighted by Gasteiger charge is -2.15. The molecule has 1 unspecified atom stereocenters. The van der Waals surface area contributed by atoms with E-state index in [1.807, 2.05) is 30.3 Å². The molecule has 4 heteroatoms. The molecule has 18 heavy (non-hydrogen) atoms. The molecule has 3 nitrogen and oxygen atoms in total. The fourth-order valence-corrected chi connectivity index (χ4v) is 2.86. The van der Waals surface area contributed by atoms with E-state index in [2.05, 4.69) is 0 Å². The average Bonchev–Trinajstić information content (AvgIpc) is 2.38. The average molecular weight is 261 g/mol. The van der Waals surface area contributed by atoms with E-state index in [1.165, 1.54) is 6.26 Å². The topological polar surface area (TPSA) is 60.2 Å². The summed E-state index contributed by atoms with van der Waals surface area (Å²) >= 11 is 0. The normalized spacial score (nSPS) is 13.2. The highest BCUT2D eigenvalue weighted by Crippen LogP contribution is 2.25. The molecule has 2 aromatic carbocycles. The minimum atomic E-state index is -3.27. The summed E-state index contributed by atoms with van der Waals surface area (Å²) in [6, 6.07) is 15.9. The zero-order valence-corrected chi connectivity index (χ0v) is 10.9. The van der Waals surface area contributed by atoms with Gasteiger partial charge in [0, 0.05) is 6.26 Å². The van der Waals surface area contributed by atoms with Crippen molar-refractivity contribution in [3.8, 4) is 0 Å². The number of benzene rings is 2. The second-order valence-electron chi connectivity index (χ2n) is 4.20. The van der Waals surface area contributed by atoms with Crippen LogP contribution in [0.1, 0.15) is 17.2 Å². The quantitative estimate of drug-likeness (QED) is 0.920. The van der Waals surface area contributed by atoms with Gasteiger partial charge in [0.05, 0.1) is 10.9 Å². The van der Waals surface area contributed by atoms with Crippen LogP contribution in [0.2, 0.25) is 0 Å².